The minimum Gasteiger partial charge on any atom is -0.506 e. The SMILES string of the molecule is N#C/C(=C/Nc1cc(Cl)ccc1O)C(=O)NCCN1CCNCC1. The summed E-state index contributed by atoms with van der Waals surface area (Å²) >= 11 is 5.85. The molecule has 0 spiro atoms. The number of nitrogens with zero attached hydrogens (tertiary/aromatic N) is 2. The van der Waals surface area contributed by atoms with Gasteiger partial charge in [-0.15, -0.1) is 0 Å². The van der Waals surface area contributed by atoms with Gasteiger partial charge in [-0.3, -0.25) is 9.69 Å². The number of carbonyl (C=O) groups is 1. The fourth-order valence-corrected chi connectivity index (χ4v) is 2.45. The minimum absolute atomic E-state index is 0.0212. The van der Waals surface area contributed by atoms with Crippen LogP contribution in [0.1, 0.15) is 0 Å². The van der Waals surface area contributed by atoms with Gasteiger partial charge in [0.2, 0.25) is 0 Å². The number of anilines is 1. The molecule has 1 aliphatic heterocycles. The second kappa shape index (κ2) is 9.13. The van der Waals surface area contributed by atoms with E-state index in [2.05, 4.69) is 20.9 Å². The maximum Gasteiger partial charge on any atom is 0.263 e. The molecule has 1 fully saturated rings. The van der Waals surface area contributed by atoms with Gasteiger partial charge in [-0.1, -0.05) is 11.6 Å². The number of halogens is 1. The van der Waals surface area contributed by atoms with E-state index >= 15 is 0 Å². The average molecular weight is 350 g/mol. The van der Waals surface area contributed by atoms with Crippen molar-refractivity contribution in [3.05, 3.63) is 35.0 Å². The first-order chi connectivity index (χ1) is 11.6. The van der Waals surface area contributed by atoms with Crippen molar-refractivity contribution in [3.8, 4) is 11.8 Å². The molecule has 0 saturated carbocycles. The van der Waals surface area contributed by atoms with E-state index in [1.807, 2.05) is 6.07 Å². The number of carbonyl (C=O) groups excluding carboxylic acids is 1. The van der Waals surface area contributed by atoms with Crippen LogP contribution in [0, 0.1) is 11.3 Å². The van der Waals surface area contributed by atoms with Crippen LogP contribution in [0.2, 0.25) is 5.02 Å². The predicted molar refractivity (Wildman–Crippen MR) is 92.8 cm³/mol. The molecule has 0 aromatic heterocycles. The highest BCUT2D eigenvalue weighted by molar-refractivity contribution is 6.30. The highest BCUT2D eigenvalue weighted by atomic mass is 35.5. The van der Waals surface area contributed by atoms with Crippen molar-refractivity contribution in [2.75, 3.05) is 44.6 Å². The second-order valence-corrected chi connectivity index (χ2v) is 5.76. The third-order valence-corrected chi connectivity index (χ3v) is 3.85. The van der Waals surface area contributed by atoms with Crippen LogP contribution < -0.4 is 16.0 Å². The lowest BCUT2D eigenvalue weighted by Gasteiger charge is -2.27. The van der Waals surface area contributed by atoms with Crippen LogP contribution in [-0.2, 0) is 4.79 Å². The number of amides is 1. The molecule has 4 N–H and O–H groups in total. The molecule has 1 saturated heterocycles. The summed E-state index contributed by atoms with van der Waals surface area (Å²) in [6.07, 6.45) is 1.26. The van der Waals surface area contributed by atoms with Gasteiger partial charge in [-0.25, -0.2) is 0 Å². The maximum absolute atomic E-state index is 12.0. The summed E-state index contributed by atoms with van der Waals surface area (Å²) in [4.78, 5) is 14.3. The Labute approximate surface area is 145 Å². The van der Waals surface area contributed by atoms with Gasteiger partial charge in [0.15, 0.2) is 0 Å². The van der Waals surface area contributed by atoms with E-state index in [0.717, 1.165) is 32.7 Å². The van der Waals surface area contributed by atoms with E-state index in [9.17, 15) is 9.90 Å². The number of piperazine rings is 1. The van der Waals surface area contributed by atoms with Crippen molar-refractivity contribution in [1.29, 1.82) is 5.26 Å². The Morgan fingerprint density at radius 3 is 2.92 bits per heavy atom. The van der Waals surface area contributed by atoms with Crippen LogP contribution in [0.15, 0.2) is 30.0 Å². The molecule has 0 radical (unpaired) electrons. The summed E-state index contributed by atoms with van der Waals surface area (Å²) in [5.74, 6) is -0.478. The average Bonchev–Trinajstić information content (AvgIpc) is 2.59. The van der Waals surface area contributed by atoms with Gasteiger partial charge < -0.3 is 21.1 Å². The van der Waals surface area contributed by atoms with Gasteiger partial charge in [0.05, 0.1) is 5.69 Å². The largest absolute Gasteiger partial charge is 0.506 e. The number of rotatable bonds is 6. The minimum atomic E-state index is -0.457. The molecule has 2 rings (SSSR count). The first-order valence-corrected chi connectivity index (χ1v) is 8.04. The van der Waals surface area contributed by atoms with Gasteiger partial charge in [-0.2, -0.15) is 5.26 Å². The molecule has 128 valence electrons. The lowest BCUT2D eigenvalue weighted by Crippen LogP contribution is -2.46. The van der Waals surface area contributed by atoms with Gasteiger partial charge >= 0.3 is 0 Å². The number of hydrogen-bond donors (Lipinski definition) is 4. The Morgan fingerprint density at radius 2 is 2.21 bits per heavy atom. The molecule has 1 heterocycles. The number of nitrogens with one attached hydrogen (secondary N) is 3. The van der Waals surface area contributed by atoms with E-state index in [1.165, 1.54) is 18.3 Å². The molecule has 0 atom stereocenters. The number of phenolic OH excluding ortho intramolecular Hbond substituents is 1. The van der Waals surface area contributed by atoms with Crippen molar-refractivity contribution in [2.24, 2.45) is 0 Å². The van der Waals surface area contributed by atoms with Crippen molar-refractivity contribution in [1.82, 2.24) is 15.5 Å². The molecular formula is C16H20ClN5O2. The Hall–Kier alpha value is -2.27. The molecule has 0 aliphatic carbocycles. The fourth-order valence-electron chi connectivity index (χ4n) is 2.28. The summed E-state index contributed by atoms with van der Waals surface area (Å²) in [6, 6.07) is 6.32. The van der Waals surface area contributed by atoms with Crippen molar-refractivity contribution < 1.29 is 9.90 Å². The fraction of sp³-hybridized carbons (Fsp3) is 0.375. The zero-order chi connectivity index (χ0) is 17.4. The summed E-state index contributed by atoms with van der Waals surface area (Å²) in [7, 11) is 0. The van der Waals surface area contributed by atoms with E-state index in [0.29, 0.717) is 17.3 Å². The van der Waals surface area contributed by atoms with Crippen molar-refractivity contribution in [3.63, 3.8) is 0 Å². The lowest BCUT2D eigenvalue weighted by molar-refractivity contribution is -0.117. The Morgan fingerprint density at radius 1 is 1.46 bits per heavy atom. The van der Waals surface area contributed by atoms with Crippen molar-refractivity contribution in [2.45, 2.75) is 0 Å². The number of benzene rings is 1. The van der Waals surface area contributed by atoms with E-state index < -0.39 is 5.91 Å². The van der Waals surface area contributed by atoms with Crippen LogP contribution in [0.25, 0.3) is 0 Å². The molecule has 1 amide bonds. The number of nitriles is 1. The van der Waals surface area contributed by atoms with Crippen LogP contribution in [0.4, 0.5) is 5.69 Å². The van der Waals surface area contributed by atoms with Crippen LogP contribution in [0.3, 0.4) is 0 Å². The smallest absolute Gasteiger partial charge is 0.263 e. The van der Waals surface area contributed by atoms with Crippen LogP contribution >= 0.6 is 11.6 Å². The van der Waals surface area contributed by atoms with Crippen LogP contribution in [0.5, 0.6) is 5.75 Å². The van der Waals surface area contributed by atoms with Gasteiger partial charge in [0.25, 0.3) is 5.91 Å². The Balaban J connectivity index is 1.86. The number of hydrogen-bond acceptors (Lipinski definition) is 6. The number of aromatic hydroxyl groups is 1. The Bertz CT molecular complexity index is 650. The van der Waals surface area contributed by atoms with Gasteiger partial charge in [-0.05, 0) is 18.2 Å². The molecule has 24 heavy (non-hydrogen) atoms. The summed E-state index contributed by atoms with van der Waals surface area (Å²) in [5.41, 5.74) is 0.249. The van der Waals surface area contributed by atoms with Crippen LogP contribution in [-0.4, -0.2) is 55.2 Å². The predicted octanol–water partition coefficient (Wildman–Crippen LogP) is 0.886. The molecule has 0 bridgehead atoms. The topological polar surface area (TPSA) is 100 Å². The third kappa shape index (κ3) is 5.42. The number of phenols is 1. The summed E-state index contributed by atoms with van der Waals surface area (Å²) in [6.45, 7) is 5.02. The van der Waals surface area contributed by atoms with E-state index in [1.54, 1.807) is 6.07 Å². The normalized spacial score (nSPS) is 15.6. The first-order valence-electron chi connectivity index (χ1n) is 7.67. The Kier molecular flexibility index (Phi) is 6.88. The lowest BCUT2D eigenvalue weighted by atomic mass is 10.2. The van der Waals surface area contributed by atoms with Crippen molar-refractivity contribution >= 4 is 23.2 Å². The first kappa shape index (κ1) is 18.1. The summed E-state index contributed by atoms with van der Waals surface area (Å²) < 4.78 is 0. The monoisotopic (exact) mass is 349 g/mol. The van der Waals surface area contributed by atoms with Gasteiger partial charge in [0, 0.05) is 50.5 Å². The molecule has 0 unspecified atom stereocenters. The van der Waals surface area contributed by atoms with Gasteiger partial charge in [0.1, 0.15) is 17.4 Å². The highest BCUT2D eigenvalue weighted by Gasteiger charge is 2.12. The molecule has 1 aliphatic rings. The van der Waals surface area contributed by atoms with E-state index in [4.69, 9.17) is 16.9 Å². The highest BCUT2D eigenvalue weighted by Crippen LogP contribution is 2.26. The molecular weight excluding hydrogens is 330 g/mol. The van der Waals surface area contributed by atoms with E-state index in [-0.39, 0.29) is 11.3 Å². The molecule has 8 heteroatoms. The zero-order valence-corrected chi connectivity index (χ0v) is 13.9. The maximum atomic E-state index is 12.0. The molecule has 7 nitrogen and oxygen atoms in total. The molecule has 1 aromatic rings. The third-order valence-electron chi connectivity index (χ3n) is 3.62. The quantitative estimate of drug-likeness (QED) is 0.346. The molecule has 1 aromatic carbocycles. The summed E-state index contributed by atoms with van der Waals surface area (Å²) in [5, 5.41) is 28.0. The second-order valence-electron chi connectivity index (χ2n) is 5.32. The zero-order valence-electron chi connectivity index (χ0n) is 13.2. The standard InChI is InChI=1S/C16H20ClN5O2/c17-13-1-2-15(23)14(9-13)21-11-12(10-18)16(24)20-5-8-22-6-3-19-4-7-22/h1-2,9,11,19,21,23H,3-8H2,(H,20,24)/b12-11-.